The molecule has 3 heterocycles. The second-order valence-corrected chi connectivity index (χ2v) is 6.13. The number of benzene rings is 1. The van der Waals surface area contributed by atoms with E-state index in [2.05, 4.69) is 20.1 Å². The lowest BCUT2D eigenvalue weighted by Crippen LogP contribution is -1.99. The molecule has 5 nitrogen and oxygen atoms in total. The minimum absolute atomic E-state index is 0.300. The van der Waals surface area contributed by atoms with Crippen molar-refractivity contribution in [1.82, 2.24) is 24.7 Å². The molecule has 0 aliphatic rings. The summed E-state index contributed by atoms with van der Waals surface area (Å²) in [5.41, 5.74) is 3.83. The summed E-state index contributed by atoms with van der Waals surface area (Å²) in [4.78, 5) is 12.2. The predicted octanol–water partition coefficient (Wildman–Crippen LogP) is 3.89. The van der Waals surface area contributed by atoms with Crippen molar-refractivity contribution >= 4 is 22.7 Å². The van der Waals surface area contributed by atoms with Crippen LogP contribution in [0, 0.1) is 5.82 Å². The van der Waals surface area contributed by atoms with Gasteiger partial charge in [0.1, 0.15) is 5.82 Å². The molecule has 0 saturated carbocycles. The van der Waals surface area contributed by atoms with Gasteiger partial charge in [-0.05, 0) is 36.6 Å². The molecule has 120 valence electrons. The Hall–Kier alpha value is -2.67. The Labute approximate surface area is 142 Å². The number of aromatic amines is 1. The Kier molecular flexibility index (Phi) is 3.57. The summed E-state index contributed by atoms with van der Waals surface area (Å²) in [5.74, 6) is -0.300. The highest BCUT2D eigenvalue weighted by molar-refractivity contribution is 7.98. The number of hydrogen-bond donors (Lipinski definition) is 1. The maximum Gasteiger partial charge on any atom is 0.188 e. The van der Waals surface area contributed by atoms with Crippen molar-refractivity contribution in [3.8, 4) is 22.6 Å². The van der Waals surface area contributed by atoms with Crippen LogP contribution in [0.4, 0.5) is 4.39 Å². The van der Waals surface area contributed by atoms with Gasteiger partial charge in [0.2, 0.25) is 0 Å². The van der Waals surface area contributed by atoms with Crippen LogP contribution in [0.1, 0.15) is 0 Å². The van der Waals surface area contributed by atoms with Crippen LogP contribution in [0.3, 0.4) is 0 Å². The van der Waals surface area contributed by atoms with Gasteiger partial charge in [-0.1, -0.05) is 11.8 Å². The number of halogens is 1. The topological polar surface area (TPSA) is 59.4 Å². The van der Waals surface area contributed by atoms with Crippen molar-refractivity contribution in [3.05, 3.63) is 48.5 Å². The minimum atomic E-state index is -0.300. The first-order valence-electron chi connectivity index (χ1n) is 7.34. The van der Waals surface area contributed by atoms with Gasteiger partial charge in [-0.15, -0.1) is 0 Å². The molecule has 7 heteroatoms. The SMILES string of the molecule is CSc1nc(-c2cc(F)cc3[nH]ccc23)cc(-c2ccnn2C)n1. The lowest BCUT2D eigenvalue weighted by atomic mass is 10.1. The lowest BCUT2D eigenvalue weighted by Gasteiger charge is -2.09. The van der Waals surface area contributed by atoms with Crippen LogP contribution >= 0.6 is 11.8 Å². The average Bonchev–Trinajstić information content (AvgIpc) is 3.22. The highest BCUT2D eigenvalue weighted by atomic mass is 32.2. The molecule has 0 amide bonds. The molecule has 1 N–H and O–H groups in total. The van der Waals surface area contributed by atoms with Crippen LogP contribution in [-0.2, 0) is 7.05 Å². The summed E-state index contributed by atoms with van der Waals surface area (Å²) in [5, 5.41) is 5.76. The number of hydrogen-bond acceptors (Lipinski definition) is 4. The molecule has 0 saturated heterocycles. The Bertz CT molecular complexity index is 1040. The van der Waals surface area contributed by atoms with E-state index in [0.29, 0.717) is 10.9 Å². The first kappa shape index (κ1) is 14.9. The van der Waals surface area contributed by atoms with Crippen LogP contribution in [0.15, 0.2) is 47.9 Å². The Morgan fingerprint density at radius 1 is 1.12 bits per heavy atom. The van der Waals surface area contributed by atoms with E-state index in [-0.39, 0.29) is 5.82 Å². The van der Waals surface area contributed by atoms with E-state index in [1.54, 1.807) is 17.1 Å². The van der Waals surface area contributed by atoms with Gasteiger partial charge in [-0.2, -0.15) is 5.10 Å². The standard InChI is InChI=1S/C17H14FN5S/c1-23-16(4-6-20-23)15-9-14(21-17(22-15)24-2)12-7-10(18)8-13-11(12)3-5-19-13/h3-9,19H,1-2H3. The molecule has 0 spiro atoms. The third-order valence-corrected chi connectivity index (χ3v) is 4.43. The summed E-state index contributed by atoms with van der Waals surface area (Å²) >= 11 is 1.45. The van der Waals surface area contributed by atoms with Crippen molar-refractivity contribution in [1.29, 1.82) is 0 Å². The zero-order chi connectivity index (χ0) is 16.7. The van der Waals surface area contributed by atoms with E-state index in [1.807, 2.05) is 31.5 Å². The molecule has 0 unspecified atom stereocenters. The van der Waals surface area contributed by atoms with Gasteiger partial charge in [0, 0.05) is 35.9 Å². The monoisotopic (exact) mass is 339 g/mol. The molecule has 0 aliphatic carbocycles. The molecule has 4 rings (SSSR count). The first-order valence-corrected chi connectivity index (χ1v) is 8.56. The van der Waals surface area contributed by atoms with Gasteiger partial charge in [-0.3, -0.25) is 4.68 Å². The summed E-state index contributed by atoms with van der Waals surface area (Å²) in [6, 6.07) is 8.69. The second kappa shape index (κ2) is 5.76. The fourth-order valence-corrected chi connectivity index (χ4v) is 3.13. The quantitative estimate of drug-likeness (QED) is 0.454. The molecular formula is C17H14FN5S. The van der Waals surface area contributed by atoms with Gasteiger partial charge < -0.3 is 4.98 Å². The average molecular weight is 339 g/mol. The van der Waals surface area contributed by atoms with Crippen molar-refractivity contribution < 1.29 is 4.39 Å². The number of nitrogens with zero attached hydrogens (tertiary/aromatic N) is 4. The number of aromatic nitrogens is 5. The molecule has 0 fully saturated rings. The fraction of sp³-hybridized carbons (Fsp3) is 0.118. The Morgan fingerprint density at radius 3 is 2.71 bits per heavy atom. The summed E-state index contributed by atoms with van der Waals surface area (Å²) in [6.07, 6.45) is 5.44. The number of aryl methyl sites for hydroxylation is 1. The third kappa shape index (κ3) is 2.46. The summed E-state index contributed by atoms with van der Waals surface area (Å²) in [7, 11) is 1.86. The molecular weight excluding hydrogens is 325 g/mol. The van der Waals surface area contributed by atoms with E-state index in [0.717, 1.165) is 27.9 Å². The maximum atomic E-state index is 14.0. The Morgan fingerprint density at radius 2 is 1.96 bits per heavy atom. The van der Waals surface area contributed by atoms with Crippen molar-refractivity contribution in [3.63, 3.8) is 0 Å². The number of rotatable bonds is 3. The fourth-order valence-electron chi connectivity index (χ4n) is 2.75. The van der Waals surface area contributed by atoms with E-state index in [4.69, 9.17) is 0 Å². The molecule has 0 radical (unpaired) electrons. The minimum Gasteiger partial charge on any atom is -0.361 e. The van der Waals surface area contributed by atoms with Gasteiger partial charge in [0.25, 0.3) is 0 Å². The normalized spacial score (nSPS) is 11.3. The molecule has 4 aromatic rings. The molecule has 3 aromatic heterocycles. The second-order valence-electron chi connectivity index (χ2n) is 5.36. The van der Waals surface area contributed by atoms with Gasteiger partial charge in [0.05, 0.1) is 17.1 Å². The van der Waals surface area contributed by atoms with Crippen LogP contribution in [0.2, 0.25) is 0 Å². The number of H-pyrrole nitrogens is 1. The number of thioether (sulfide) groups is 1. The van der Waals surface area contributed by atoms with Crippen molar-refractivity contribution in [2.24, 2.45) is 7.05 Å². The van der Waals surface area contributed by atoms with Crippen LogP contribution in [0.25, 0.3) is 33.5 Å². The summed E-state index contributed by atoms with van der Waals surface area (Å²) < 4.78 is 15.8. The maximum absolute atomic E-state index is 14.0. The molecule has 24 heavy (non-hydrogen) atoms. The van der Waals surface area contributed by atoms with Crippen LogP contribution in [0.5, 0.6) is 0 Å². The summed E-state index contributed by atoms with van der Waals surface area (Å²) in [6.45, 7) is 0. The predicted molar refractivity (Wildman–Crippen MR) is 93.3 cm³/mol. The van der Waals surface area contributed by atoms with Crippen LogP contribution in [-0.4, -0.2) is 31.0 Å². The smallest absolute Gasteiger partial charge is 0.188 e. The zero-order valence-electron chi connectivity index (χ0n) is 13.1. The Balaban J connectivity index is 1.97. The highest BCUT2D eigenvalue weighted by Crippen LogP contribution is 2.31. The largest absolute Gasteiger partial charge is 0.361 e. The van der Waals surface area contributed by atoms with Gasteiger partial charge in [0.15, 0.2) is 5.16 Å². The number of nitrogens with one attached hydrogen (secondary N) is 1. The van der Waals surface area contributed by atoms with Gasteiger partial charge >= 0.3 is 0 Å². The van der Waals surface area contributed by atoms with E-state index >= 15 is 0 Å². The van der Waals surface area contributed by atoms with E-state index in [9.17, 15) is 4.39 Å². The van der Waals surface area contributed by atoms with Crippen LogP contribution < -0.4 is 0 Å². The first-order chi connectivity index (χ1) is 11.7. The third-order valence-electron chi connectivity index (χ3n) is 3.88. The molecule has 1 aromatic carbocycles. The van der Waals surface area contributed by atoms with E-state index < -0.39 is 0 Å². The van der Waals surface area contributed by atoms with E-state index in [1.165, 1.54) is 23.9 Å². The lowest BCUT2D eigenvalue weighted by molar-refractivity contribution is 0.630. The highest BCUT2D eigenvalue weighted by Gasteiger charge is 2.14. The van der Waals surface area contributed by atoms with Crippen molar-refractivity contribution in [2.75, 3.05) is 6.26 Å². The zero-order valence-corrected chi connectivity index (χ0v) is 13.9. The molecule has 0 atom stereocenters. The van der Waals surface area contributed by atoms with Gasteiger partial charge in [-0.25, -0.2) is 14.4 Å². The number of fused-ring (bicyclic) bond motifs is 1. The van der Waals surface area contributed by atoms with Crippen molar-refractivity contribution in [2.45, 2.75) is 5.16 Å². The molecule has 0 aliphatic heterocycles. The molecule has 0 bridgehead atoms.